The molecule has 0 unspecified atom stereocenters. The minimum Gasteiger partial charge on any atom is -0.303 e. The Hall–Kier alpha value is -0.830. The zero-order valence-corrected chi connectivity index (χ0v) is 15.1. The molecule has 1 aliphatic heterocycles. The Morgan fingerprint density at radius 2 is 1.86 bits per heavy atom. The molecular formula is C19H35N3. The van der Waals surface area contributed by atoms with Crippen LogP contribution in [0.1, 0.15) is 71.3 Å². The van der Waals surface area contributed by atoms with E-state index in [0.717, 1.165) is 18.4 Å². The Morgan fingerprint density at radius 1 is 1.14 bits per heavy atom. The smallest absolute Gasteiger partial charge is 0.0524 e. The second kappa shape index (κ2) is 8.71. The van der Waals surface area contributed by atoms with Crippen LogP contribution in [0.2, 0.25) is 0 Å². The SMILES string of the molecule is CC(C)CCCCN1CCC(Cn2cc(C(C)C)cn2)CC1. The van der Waals surface area contributed by atoms with Crippen molar-refractivity contribution >= 4 is 0 Å². The largest absolute Gasteiger partial charge is 0.303 e. The van der Waals surface area contributed by atoms with Crippen LogP contribution in [0.4, 0.5) is 0 Å². The molecule has 0 N–H and O–H groups in total. The third kappa shape index (κ3) is 5.75. The van der Waals surface area contributed by atoms with Gasteiger partial charge in [-0.1, -0.05) is 40.5 Å². The fourth-order valence-electron chi connectivity index (χ4n) is 3.32. The van der Waals surface area contributed by atoms with Crippen LogP contribution < -0.4 is 0 Å². The topological polar surface area (TPSA) is 21.1 Å². The van der Waals surface area contributed by atoms with Crippen molar-refractivity contribution in [1.29, 1.82) is 0 Å². The van der Waals surface area contributed by atoms with E-state index in [1.54, 1.807) is 0 Å². The van der Waals surface area contributed by atoms with Crippen molar-refractivity contribution < 1.29 is 0 Å². The molecule has 3 heteroatoms. The van der Waals surface area contributed by atoms with E-state index >= 15 is 0 Å². The molecule has 0 atom stereocenters. The first-order valence-corrected chi connectivity index (χ1v) is 9.29. The van der Waals surface area contributed by atoms with E-state index in [4.69, 9.17) is 0 Å². The molecule has 0 saturated carbocycles. The predicted molar refractivity (Wildman–Crippen MR) is 94.2 cm³/mol. The highest BCUT2D eigenvalue weighted by Crippen LogP contribution is 2.21. The van der Waals surface area contributed by atoms with Gasteiger partial charge in [-0.25, -0.2) is 0 Å². The van der Waals surface area contributed by atoms with Gasteiger partial charge in [0.2, 0.25) is 0 Å². The maximum absolute atomic E-state index is 4.53. The molecule has 1 saturated heterocycles. The van der Waals surface area contributed by atoms with Gasteiger partial charge in [-0.3, -0.25) is 4.68 Å². The van der Waals surface area contributed by atoms with Crippen molar-refractivity contribution in [2.24, 2.45) is 11.8 Å². The van der Waals surface area contributed by atoms with Crippen molar-refractivity contribution in [3.8, 4) is 0 Å². The van der Waals surface area contributed by atoms with Crippen LogP contribution in [0.3, 0.4) is 0 Å². The Bertz CT molecular complexity index is 414. The standard InChI is InChI=1S/C19H35N3/c1-16(2)7-5-6-10-21-11-8-18(9-12-21)14-22-15-19(13-20-22)17(3)4/h13,15-18H,5-12,14H2,1-4H3. The van der Waals surface area contributed by atoms with Gasteiger partial charge in [0, 0.05) is 12.7 Å². The van der Waals surface area contributed by atoms with Crippen molar-refractivity contribution in [3.63, 3.8) is 0 Å². The van der Waals surface area contributed by atoms with E-state index < -0.39 is 0 Å². The normalized spacial score (nSPS) is 17.7. The lowest BCUT2D eigenvalue weighted by molar-refractivity contribution is 0.168. The number of aromatic nitrogens is 2. The van der Waals surface area contributed by atoms with Crippen LogP contribution in [-0.4, -0.2) is 34.3 Å². The second-order valence-electron chi connectivity index (χ2n) is 7.83. The van der Waals surface area contributed by atoms with E-state index in [2.05, 4.69) is 48.6 Å². The lowest BCUT2D eigenvalue weighted by atomic mass is 9.96. The summed E-state index contributed by atoms with van der Waals surface area (Å²) >= 11 is 0. The van der Waals surface area contributed by atoms with Crippen LogP contribution in [-0.2, 0) is 6.54 Å². The molecule has 2 heterocycles. The number of rotatable bonds is 8. The molecule has 0 amide bonds. The summed E-state index contributed by atoms with van der Waals surface area (Å²) in [5.41, 5.74) is 1.36. The van der Waals surface area contributed by atoms with Gasteiger partial charge >= 0.3 is 0 Å². The van der Waals surface area contributed by atoms with Gasteiger partial charge in [0.15, 0.2) is 0 Å². The zero-order chi connectivity index (χ0) is 15.9. The van der Waals surface area contributed by atoms with Crippen molar-refractivity contribution in [3.05, 3.63) is 18.0 Å². The molecule has 0 bridgehead atoms. The third-order valence-electron chi connectivity index (χ3n) is 4.98. The summed E-state index contributed by atoms with van der Waals surface area (Å²) in [4.78, 5) is 2.67. The van der Waals surface area contributed by atoms with E-state index in [1.165, 1.54) is 57.3 Å². The fourth-order valence-corrected chi connectivity index (χ4v) is 3.32. The fraction of sp³-hybridized carbons (Fsp3) is 0.842. The molecule has 1 aliphatic rings. The summed E-state index contributed by atoms with van der Waals surface area (Å²) in [6, 6.07) is 0. The molecule has 1 aromatic heterocycles. The van der Waals surface area contributed by atoms with Gasteiger partial charge < -0.3 is 4.90 Å². The minimum absolute atomic E-state index is 0.585. The molecular weight excluding hydrogens is 270 g/mol. The van der Waals surface area contributed by atoms with Crippen LogP contribution in [0, 0.1) is 11.8 Å². The molecule has 126 valence electrons. The number of unbranched alkanes of at least 4 members (excludes halogenated alkanes) is 1. The average Bonchev–Trinajstić information content (AvgIpc) is 2.94. The van der Waals surface area contributed by atoms with Crippen LogP contribution in [0.15, 0.2) is 12.4 Å². The van der Waals surface area contributed by atoms with Gasteiger partial charge in [0.05, 0.1) is 6.20 Å². The summed E-state index contributed by atoms with van der Waals surface area (Å²) in [6.07, 6.45) is 11.1. The van der Waals surface area contributed by atoms with E-state index in [1.807, 2.05) is 6.20 Å². The van der Waals surface area contributed by atoms with Gasteiger partial charge in [0.25, 0.3) is 0 Å². The van der Waals surface area contributed by atoms with Crippen LogP contribution in [0.25, 0.3) is 0 Å². The number of piperidine rings is 1. The molecule has 1 aromatic rings. The van der Waals surface area contributed by atoms with Gasteiger partial charge in [-0.15, -0.1) is 0 Å². The summed E-state index contributed by atoms with van der Waals surface area (Å²) in [5.74, 6) is 2.25. The monoisotopic (exact) mass is 305 g/mol. The second-order valence-corrected chi connectivity index (χ2v) is 7.83. The lowest BCUT2D eigenvalue weighted by Crippen LogP contribution is -2.35. The number of hydrogen-bond acceptors (Lipinski definition) is 2. The summed E-state index contributed by atoms with van der Waals surface area (Å²) in [6.45, 7) is 14.1. The minimum atomic E-state index is 0.585. The molecule has 0 spiro atoms. The first-order chi connectivity index (χ1) is 10.5. The molecule has 0 radical (unpaired) electrons. The average molecular weight is 306 g/mol. The van der Waals surface area contributed by atoms with Crippen LogP contribution in [0.5, 0.6) is 0 Å². The third-order valence-corrected chi connectivity index (χ3v) is 4.98. The molecule has 22 heavy (non-hydrogen) atoms. The molecule has 2 rings (SSSR count). The zero-order valence-electron chi connectivity index (χ0n) is 15.1. The summed E-state index contributed by atoms with van der Waals surface area (Å²) in [5, 5.41) is 4.53. The Balaban J connectivity index is 1.64. The maximum Gasteiger partial charge on any atom is 0.0524 e. The van der Waals surface area contributed by atoms with Crippen LogP contribution >= 0.6 is 0 Å². The van der Waals surface area contributed by atoms with Gasteiger partial charge in [-0.2, -0.15) is 5.10 Å². The van der Waals surface area contributed by atoms with E-state index in [0.29, 0.717) is 5.92 Å². The Labute approximate surface area is 137 Å². The van der Waals surface area contributed by atoms with Crippen molar-refractivity contribution in [2.45, 2.75) is 72.3 Å². The maximum atomic E-state index is 4.53. The quantitative estimate of drug-likeness (QED) is 0.657. The predicted octanol–water partition coefficient (Wildman–Crippen LogP) is 4.54. The highest BCUT2D eigenvalue weighted by atomic mass is 15.3. The Kier molecular flexibility index (Phi) is 6.94. The number of hydrogen-bond donors (Lipinski definition) is 0. The summed E-state index contributed by atoms with van der Waals surface area (Å²) < 4.78 is 2.16. The van der Waals surface area contributed by atoms with E-state index in [9.17, 15) is 0 Å². The molecule has 1 fully saturated rings. The molecule has 3 nitrogen and oxygen atoms in total. The van der Waals surface area contributed by atoms with Gasteiger partial charge in [-0.05, 0) is 62.2 Å². The van der Waals surface area contributed by atoms with Crippen molar-refractivity contribution in [1.82, 2.24) is 14.7 Å². The highest BCUT2D eigenvalue weighted by Gasteiger charge is 2.19. The Morgan fingerprint density at radius 3 is 2.45 bits per heavy atom. The number of likely N-dealkylation sites (tertiary alicyclic amines) is 1. The van der Waals surface area contributed by atoms with Crippen molar-refractivity contribution in [2.75, 3.05) is 19.6 Å². The summed E-state index contributed by atoms with van der Waals surface area (Å²) in [7, 11) is 0. The number of nitrogens with zero attached hydrogens (tertiary/aromatic N) is 3. The molecule has 0 aliphatic carbocycles. The first kappa shape index (κ1) is 17.5. The highest BCUT2D eigenvalue weighted by molar-refractivity contribution is 5.08. The van der Waals surface area contributed by atoms with Gasteiger partial charge in [0.1, 0.15) is 0 Å². The van der Waals surface area contributed by atoms with E-state index in [-0.39, 0.29) is 0 Å². The molecule has 0 aromatic carbocycles. The lowest BCUT2D eigenvalue weighted by Gasteiger charge is -2.32. The first-order valence-electron chi connectivity index (χ1n) is 9.29.